The lowest BCUT2D eigenvalue weighted by atomic mass is 9.81. The molecule has 1 heterocycles. The zero-order chi connectivity index (χ0) is 23.1. The zero-order valence-electron chi connectivity index (χ0n) is 19.0. The van der Waals surface area contributed by atoms with Crippen molar-refractivity contribution in [3.8, 4) is 0 Å². The van der Waals surface area contributed by atoms with Crippen LogP contribution in [0.3, 0.4) is 0 Å². The normalized spacial score (nSPS) is 20.5. The Hall–Kier alpha value is -2.34. The van der Waals surface area contributed by atoms with E-state index in [9.17, 15) is 13.2 Å². The summed E-state index contributed by atoms with van der Waals surface area (Å²) in [5.74, 6) is 0. The summed E-state index contributed by atoms with van der Waals surface area (Å²) < 4.78 is 33.2. The van der Waals surface area contributed by atoms with E-state index in [2.05, 4.69) is 13.2 Å². The molecule has 164 valence electrons. The van der Waals surface area contributed by atoms with Gasteiger partial charge in [-0.15, -0.1) is 0 Å². The number of hydrogen-bond donors (Lipinski definition) is 0. The molecule has 1 aliphatic heterocycles. The second-order valence-electron chi connectivity index (χ2n) is 9.98. The van der Waals surface area contributed by atoms with Crippen LogP contribution in [0.2, 0.25) is 0 Å². The molecule has 0 saturated carbocycles. The number of cyclic esters (lactones) is 1. The van der Waals surface area contributed by atoms with Crippen molar-refractivity contribution in [2.45, 2.75) is 65.5 Å². The predicted molar refractivity (Wildman–Crippen MR) is 121 cm³/mol. The van der Waals surface area contributed by atoms with Gasteiger partial charge in [0.25, 0.3) is 10.0 Å². The third-order valence-electron chi connectivity index (χ3n) is 4.93. The van der Waals surface area contributed by atoms with Crippen LogP contribution in [-0.2, 0) is 14.8 Å². The van der Waals surface area contributed by atoms with Crippen molar-refractivity contribution in [2.24, 2.45) is 10.8 Å². The molecule has 0 spiro atoms. The molecule has 0 bridgehead atoms. The molecule has 1 saturated heterocycles. The van der Waals surface area contributed by atoms with Crippen molar-refractivity contribution in [3.63, 3.8) is 0 Å². The molecule has 2 atom stereocenters. The first kappa shape index (κ1) is 23.9. The molecular formula is C24H33NO4S. The number of nitrogens with zero attached hydrogens (tertiary/aromatic N) is 1. The lowest BCUT2D eigenvalue weighted by molar-refractivity contribution is 0.0618. The van der Waals surface area contributed by atoms with Gasteiger partial charge in [-0.25, -0.2) is 13.2 Å². The third kappa shape index (κ3) is 5.04. The second kappa shape index (κ2) is 8.06. The maximum Gasteiger partial charge on any atom is 0.424 e. The summed E-state index contributed by atoms with van der Waals surface area (Å²) in [7, 11) is -4.14. The van der Waals surface area contributed by atoms with Gasteiger partial charge in [-0.1, -0.05) is 84.5 Å². The van der Waals surface area contributed by atoms with Gasteiger partial charge in [-0.3, -0.25) is 0 Å². The quantitative estimate of drug-likeness (QED) is 0.567. The molecule has 2 rings (SSSR count). The topological polar surface area (TPSA) is 63.7 Å². The number of aryl methyl sites for hydroxylation is 1. The summed E-state index contributed by atoms with van der Waals surface area (Å²) in [6.45, 7) is 21.9. The standard InChI is InChI=1S/C24H33NO4S/c1-16-10-12-19(13-11-16)30(27,28)25-20(21(24(7,8)9)29-22(25)26)18(3)17(2)14-15-23(4,5)6/h10-15,20-21H,2-3H2,1,4-9H3/b15-14-/t20-,21+/m0/s1. The predicted octanol–water partition coefficient (Wildman–Crippen LogP) is 5.63. The van der Waals surface area contributed by atoms with Crippen LogP contribution in [0.5, 0.6) is 0 Å². The first-order valence-corrected chi connectivity index (χ1v) is 11.4. The van der Waals surface area contributed by atoms with E-state index in [1.165, 1.54) is 12.1 Å². The SMILES string of the molecule is C=C(/C=C\C(C)(C)C)C(=C)[C@H]1[C@H](C(C)(C)C)OC(=O)N1S(=O)(=O)c1ccc(C)cc1. The number of ether oxygens (including phenoxy) is 1. The van der Waals surface area contributed by atoms with Crippen LogP contribution in [0.25, 0.3) is 0 Å². The van der Waals surface area contributed by atoms with Crippen molar-refractivity contribution in [1.29, 1.82) is 0 Å². The van der Waals surface area contributed by atoms with Crippen LogP contribution < -0.4 is 0 Å². The van der Waals surface area contributed by atoms with E-state index in [-0.39, 0.29) is 10.3 Å². The highest BCUT2D eigenvalue weighted by atomic mass is 32.2. The van der Waals surface area contributed by atoms with E-state index in [1.807, 2.05) is 60.6 Å². The Kier molecular flexibility index (Phi) is 6.43. The number of benzene rings is 1. The summed E-state index contributed by atoms with van der Waals surface area (Å²) in [6, 6.07) is 5.50. The molecule has 1 amide bonds. The Morgan fingerprint density at radius 3 is 2.07 bits per heavy atom. The van der Waals surface area contributed by atoms with Gasteiger partial charge in [0, 0.05) is 5.41 Å². The Morgan fingerprint density at radius 1 is 1.07 bits per heavy atom. The Bertz CT molecular complexity index is 974. The zero-order valence-corrected chi connectivity index (χ0v) is 19.8. The second-order valence-corrected chi connectivity index (χ2v) is 11.8. The Labute approximate surface area is 181 Å². The minimum atomic E-state index is -4.14. The van der Waals surface area contributed by atoms with Crippen molar-refractivity contribution >= 4 is 16.1 Å². The fraction of sp³-hybridized carbons (Fsp3) is 0.458. The Balaban J connectivity index is 2.55. The van der Waals surface area contributed by atoms with E-state index in [4.69, 9.17) is 4.74 Å². The van der Waals surface area contributed by atoms with Gasteiger partial charge >= 0.3 is 6.09 Å². The van der Waals surface area contributed by atoms with E-state index in [0.29, 0.717) is 11.1 Å². The van der Waals surface area contributed by atoms with Crippen LogP contribution in [0, 0.1) is 17.8 Å². The summed E-state index contributed by atoms with van der Waals surface area (Å²) >= 11 is 0. The van der Waals surface area contributed by atoms with E-state index >= 15 is 0 Å². The van der Waals surface area contributed by atoms with Crippen molar-refractivity contribution in [3.05, 3.63) is 66.3 Å². The van der Waals surface area contributed by atoms with Crippen LogP contribution in [0.15, 0.2) is 65.6 Å². The molecule has 6 heteroatoms. The summed E-state index contributed by atoms with van der Waals surface area (Å²) in [5, 5.41) is 0. The lowest BCUT2D eigenvalue weighted by Gasteiger charge is -2.33. The minimum absolute atomic E-state index is 0.0354. The first-order valence-electron chi connectivity index (χ1n) is 9.95. The highest BCUT2D eigenvalue weighted by Gasteiger charge is 2.53. The van der Waals surface area contributed by atoms with Crippen molar-refractivity contribution in [2.75, 3.05) is 0 Å². The van der Waals surface area contributed by atoms with Crippen molar-refractivity contribution < 1.29 is 17.9 Å². The minimum Gasteiger partial charge on any atom is -0.442 e. The van der Waals surface area contributed by atoms with Crippen LogP contribution in [0.1, 0.15) is 47.1 Å². The molecular weight excluding hydrogens is 398 g/mol. The van der Waals surface area contributed by atoms with E-state index in [1.54, 1.807) is 12.1 Å². The number of amides is 1. The average molecular weight is 432 g/mol. The van der Waals surface area contributed by atoms with Gasteiger partial charge < -0.3 is 4.74 Å². The van der Waals surface area contributed by atoms with Crippen LogP contribution in [-0.4, -0.2) is 31.0 Å². The molecule has 1 aliphatic rings. The fourth-order valence-electron chi connectivity index (χ4n) is 3.16. The van der Waals surface area contributed by atoms with Crippen LogP contribution in [0.4, 0.5) is 4.79 Å². The summed E-state index contributed by atoms with van der Waals surface area (Å²) in [4.78, 5) is 12.8. The third-order valence-corrected chi connectivity index (χ3v) is 6.69. The number of hydrogen-bond acceptors (Lipinski definition) is 4. The van der Waals surface area contributed by atoms with Gasteiger partial charge in [-0.2, -0.15) is 4.31 Å². The smallest absolute Gasteiger partial charge is 0.424 e. The molecule has 0 N–H and O–H groups in total. The van der Waals surface area contributed by atoms with Crippen molar-refractivity contribution in [1.82, 2.24) is 4.31 Å². The molecule has 30 heavy (non-hydrogen) atoms. The van der Waals surface area contributed by atoms with Gasteiger partial charge in [-0.05, 0) is 35.6 Å². The maximum absolute atomic E-state index is 13.4. The number of rotatable bonds is 5. The summed E-state index contributed by atoms with van der Waals surface area (Å²) in [5.41, 5.74) is 1.34. The Morgan fingerprint density at radius 2 is 1.60 bits per heavy atom. The molecule has 1 aromatic rings. The highest BCUT2D eigenvalue weighted by Crippen LogP contribution is 2.40. The lowest BCUT2D eigenvalue weighted by Crippen LogP contribution is -2.45. The maximum atomic E-state index is 13.4. The molecule has 0 aromatic heterocycles. The average Bonchev–Trinajstić information content (AvgIpc) is 2.97. The largest absolute Gasteiger partial charge is 0.442 e. The first-order chi connectivity index (χ1) is 13.6. The molecule has 1 aromatic carbocycles. The fourth-order valence-corrected chi connectivity index (χ4v) is 4.64. The van der Waals surface area contributed by atoms with Gasteiger partial charge in [0.15, 0.2) is 0 Å². The molecule has 0 unspecified atom stereocenters. The van der Waals surface area contributed by atoms with E-state index in [0.717, 1.165) is 9.87 Å². The van der Waals surface area contributed by atoms with Crippen LogP contribution >= 0.6 is 0 Å². The summed E-state index contributed by atoms with van der Waals surface area (Å²) in [6.07, 6.45) is 2.21. The number of sulfonamides is 1. The number of allylic oxidation sites excluding steroid dienone is 2. The molecule has 0 aliphatic carbocycles. The molecule has 5 nitrogen and oxygen atoms in total. The number of carbonyl (C=O) groups is 1. The van der Waals surface area contributed by atoms with Gasteiger partial charge in [0.05, 0.1) is 4.90 Å². The highest BCUT2D eigenvalue weighted by molar-refractivity contribution is 7.89. The van der Waals surface area contributed by atoms with Gasteiger partial charge in [0.1, 0.15) is 12.1 Å². The number of carbonyl (C=O) groups excluding carboxylic acids is 1. The van der Waals surface area contributed by atoms with Gasteiger partial charge in [0.2, 0.25) is 0 Å². The van der Waals surface area contributed by atoms with E-state index < -0.39 is 33.7 Å². The monoisotopic (exact) mass is 431 g/mol. The molecule has 1 fully saturated rings. The molecule has 0 radical (unpaired) electrons.